The number of rotatable bonds is 5. The number of benzene rings is 2. The zero-order valence-corrected chi connectivity index (χ0v) is 16.8. The Labute approximate surface area is 172 Å². The van der Waals surface area contributed by atoms with Crippen LogP contribution in [0.1, 0.15) is 17.5 Å². The fraction of sp³-hybridized carbons (Fsp3) is 0.250. The lowest BCUT2D eigenvalue weighted by molar-refractivity contribution is 0.440. The van der Waals surface area contributed by atoms with Crippen LogP contribution in [0.15, 0.2) is 84.1 Å². The van der Waals surface area contributed by atoms with Crippen molar-refractivity contribution in [1.82, 2.24) is 20.0 Å². The van der Waals surface area contributed by atoms with Crippen LogP contribution >= 0.6 is 0 Å². The van der Waals surface area contributed by atoms with Crippen LogP contribution in [0.2, 0.25) is 0 Å². The van der Waals surface area contributed by atoms with Gasteiger partial charge in [-0.15, -0.1) is 0 Å². The van der Waals surface area contributed by atoms with Crippen LogP contribution in [0.25, 0.3) is 11.3 Å². The summed E-state index contributed by atoms with van der Waals surface area (Å²) in [7, 11) is 1.86. The summed E-state index contributed by atoms with van der Waals surface area (Å²) in [6.45, 7) is 2.74. The number of hydrogen-bond donors (Lipinski definition) is 1. The van der Waals surface area contributed by atoms with E-state index in [9.17, 15) is 0 Å². The highest BCUT2D eigenvalue weighted by Gasteiger charge is 2.15. The number of aliphatic imine (C=N–C) groups is 1. The highest BCUT2D eigenvalue weighted by Crippen LogP contribution is 2.21. The summed E-state index contributed by atoms with van der Waals surface area (Å²) in [5.74, 6) is 0.974. The van der Waals surface area contributed by atoms with Gasteiger partial charge in [0.05, 0.1) is 5.69 Å². The van der Waals surface area contributed by atoms with Crippen LogP contribution in [0.3, 0.4) is 0 Å². The van der Waals surface area contributed by atoms with Gasteiger partial charge in [-0.25, -0.2) is 4.68 Å². The molecule has 0 saturated heterocycles. The topological polar surface area (TPSA) is 45.5 Å². The molecule has 0 radical (unpaired) electrons. The van der Waals surface area contributed by atoms with Gasteiger partial charge in [0.1, 0.15) is 0 Å². The summed E-state index contributed by atoms with van der Waals surface area (Å²) in [6, 6.07) is 21.1. The third kappa shape index (κ3) is 4.74. The monoisotopic (exact) mass is 385 g/mol. The van der Waals surface area contributed by atoms with E-state index in [0.29, 0.717) is 0 Å². The zero-order chi connectivity index (χ0) is 19.9. The van der Waals surface area contributed by atoms with Crippen molar-refractivity contribution >= 4 is 11.5 Å². The third-order valence-corrected chi connectivity index (χ3v) is 5.27. The van der Waals surface area contributed by atoms with Gasteiger partial charge in [-0.05, 0) is 47.7 Å². The lowest BCUT2D eigenvalue weighted by Gasteiger charge is -2.29. The van der Waals surface area contributed by atoms with Gasteiger partial charge in [-0.1, -0.05) is 48.5 Å². The number of guanidine groups is 1. The first-order valence-electron chi connectivity index (χ1n) is 10.1. The molecule has 1 N–H and O–H groups in total. The minimum atomic E-state index is 0.861. The second-order valence-corrected chi connectivity index (χ2v) is 7.13. The maximum absolute atomic E-state index is 4.48. The molecule has 5 nitrogen and oxygen atoms in total. The van der Waals surface area contributed by atoms with Crippen LogP contribution in [-0.2, 0) is 6.42 Å². The predicted molar refractivity (Wildman–Crippen MR) is 119 cm³/mol. The zero-order valence-electron chi connectivity index (χ0n) is 16.8. The van der Waals surface area contributed by atoms with Gasteiger partial charge in [-0.2, -0.15) is 5.10 Å². The van der Waals surface area contributed by atoms with Crippen molar-refractivity contribution in [1.29, 1.82) is 0 Å². The summed E-state index contributed by atoms with van der Waals surface area (Å²) in [5.41, 5.74) is 5.13. The van der Waals surface area contributed by atoms with E-state index in [1.54, 1.807) is 6.20 Å². The number of nitrogens with one attached hydrogen (secondary N) is 1. The Morgan fingerprint density at radius 2 is 1.90 bits per heavy atom. The molecule has 2 aromatic carbocycles. The molecule has 0 fully saturated rings. The van der Waals surface area contributed by atoms with Crippen molar-refractivity contribution in [3.63, 3.8) is 0 Å². The molecular formula is C24H27N5. The third-order valence-electron chi connectivity index (χ3n) is 5.27. The van der Waals surface area contributed by atoms with Gasteiger partial charge in [-0.3, -0.25) is 4.99 Å². The first-order chi connectivity index (χ1) is 14.3. The van der Waals surface area contributed by atoms with Crippen LogP contribution in [-0.4, -0.2) is 47.3 Å². The quantitative estimate of drug-likeness (QED) is 0.537. The van der Waals surface area contributed by atoms with Gasteiger partial charge >= 0.3 is 0 Å². The molecule has 3 aromatic rings. The molecule has 4 rings (SSSR count). The largest absolute Gasteiger partial charge is 0.356 e. The molecule has 148 valence electrons. The Bertz CT molecular complexity index is 956. The van der Waals surface area contributed by atoms with E-state index < -0.39 is 0 Å². The van der Waals surface area contributed by atoms with E-state index in [2.05, 4.69) is 81.0 Å². The molecule has 0 saturated carbocycles. The van der Waals surface area contributed by atoms with Gasteiger partial charge < -0.3 is 10.2 Å². The van der Waals surface area contributed by atoms with Crippen molar-refractivity contribution in [2.75, 3.05) is 26.7 Å². The van der Waals surface area contributed by atoms with Crippen molar-refractivity contribution in [3.05, 3.63) is 90.3 Å². The van der Waals surface area contributed by atoms with Gasteiger partial charge in [0.15, 0.2) is 5.96 Å². The summed E-state index contributed by atoms with van der Waals surface area (Å²) in [6.07, 6.45) is 8.06. The SMILES string of the molecule is CN=C(NCCc1ccc(-n2cccn2)cc1)N1CC=C(c2ccccc2)CC1. The Morgan fingerprint density at radius 3 is 2.55 bits per heavy atom. The van der Waals surface area contributed by atoms with E-state index in [4.69, 9.17) is 0 Å². The highest BCUT2D eigenvalue weighted by atomic mass is 15.3. The summed E-state index contributed by atoms with van der Waals surface area (Å²) in [5, 5.41) is 7.78. The van der Waals surface area contributed by atoms with E-state index in [1.807, 2.05) is 24.0 Å². The van der Waals surface area contributed by atoms with E-state index >= 15 is 0 Å². The minimum Gasteiger partial charge on any atom is -0.356 e. The molecule has 1 aliphatic heterocycles. The minimum absolute atomic E-state index is 0.861. The summed E-state index contributed by atoms with van der Waals surface area (Å²) < 4.78 is 1.87. The van der Waals surface area contributed by atoms with Gasteiger partial charge in [0, 0.05) is 39.1 Å². The molecule has 5 heteroatoms. The Balaban J connectivity index is 1.28. The van der Waals surface area contributed by atoms with Crippen molar-refractivity contribution < 1.29 is 0 Å². The summed E-state index contributed by atoms with van der Waals surface area (Å²) >= 11 is 0. The fourth-order valence-electron chi connectivity index (χ4n) is 3.66. The molecule has 0 atom stereocenters. The molecule has 1 aliphatic rings. The average molecular weight is 386 g/mol. The Kier molecular flexibility index (Phi) is 6.05. The van der Waals surface area contributed by atoms with Crippen molar-refractivity contribution in [2.24, 2.45) is 4.99 Å². The molecule has 0 bridgehead atoms. The second kappa shape index (κ2) is 9.24. The molecule has 0 aliphatic carbocycles. The lowest BCUT2D eigenvalue weighted by atomic mass is 10.00. The molecule has 29 heavy (non-hydrogen) atoms. The molecule has 0 spiro atoms. The number of aromatic nitrogens is 2. The predicted octanol–water partition coefficient (Wildman–Crippen LogP) is 3.78. The standard InChI is InChI=1S/C24H27N5/c1-25-24(28-18-13-22(14-19-28)21-6-3-2-4-7-21)26-16-12-20-8-10-23(11-9-20)29-17-5-15-27-29/h2-11,13,15,17H,12,14,16,18-19H2,1H3,(H,25,26). The van der Waals surface area contributed by atoms with E-state index in [-0.39, 0.29) is 0 Å². The molecule has 2 heterocycles. The average Bonchev–Trinajstić information content (AvgIpc) is 3.33. The molecule has 1 aromatic heterocycles. The van der Waals surface area contributed by atoms with E-state index in [0.717, 1.165) is 44.1 Å². The first-order valence-corrected chi connectivity index (χ1v) is 10.1. The normalized spacial score (nSPS) is 14.6. The first kappa shape index (κ1) is 19.0. The van der Waals surface area contributed by atoms with Crippen LogP contribution in [0.5, 0.6) is 0 Å². The van der Waals surface area contributed by atoms with Crippen molar-refractivity contribution in [3.8, 4) is 5.69 Å². The van der Waals surface area contributed by atoms with Crippen LogP contribution in [0.4, 0.5) is 0 Å². The van der Waals surface area contributed by atoms with Gasteiger partial charge in [0.2, 0.25) is 0 Å². The molecule has 0 amide bonds. The molecule has 0 unspecified atom stereocenters. The molecular weight excluding hydrogens is 358 g/mol. The fourth-order valence-corrected chi connectivity index (χ4v) is 3.66. The smallest absolute Gasteiger partial charge is 0.193 e. The second-order valence-electron chi connectivity index (χ2n) is 7.13. The lowest BCUT2D eigenvalue weighted by Crippen LogP contribution is -2.44. The number of hydrogen-bond acceptors (Lipinski definition) is 2. The van der Waals surface area contributed by atoms with Crippen LogP contribution in [0, 0.1) is 0 Å². The van der Waals surface area contributed by atoms with Gasteiger partial charge in [0.25, 0.3) is 0 Å². The Morgan fingerprint density at radius 1 is 1.07 bits per heavy atom. The van der Waals surface area contributed by atoms with E-state index in [1.165, 1.54) is 16.7 Å². The summed E-state index contributed by atoms with van der Waals surface area (Å²) in [4.78, 5) is 6.79. The Hall–Kier alpha value is -3.34. The van der Waals surface area contributed by atoms with Crippen molar-refractivity contribution in [2.45, 2.75) is 12.8 Å². The van der Waals surface area contributed by atoms with Crippen LogP contribution < -0.4 is 5.32 Å². The number of nitrogens with zero attached hydrogens (tertiary/aromatic N) is 4. The maximum atomic E-state index is 4.48. The highest BCUT2D eigenvalue weighted by molar-refractivity contribution is 5.81. The maximum Gasteiger partial charge on any atom is 0.193 e.